The molecule has 7 nitrogen and oxygen atoms in total. The number of ether oxygens (including phenoxy) is 1. The lowest BCUT2D eigenvalue weighted by atomic mass is 10.1. The van der Waals surface area contributed by atoms with Crippen molar-refractivity contribution in [2.24, 2.45) is 0 Å². The quantitative estimate of drug-likeness (QED) is 0.462. The highest BCUT2D eigenvalue weighted by molar-refractivity contribution is 5.09. The van der Waals surface area contributed by atoms with Crippen LogP contribution in [0.25, 0.3) is 0 Å². The third kappa shape index (κ3) is 1.85. The number of aliphatic hydroxyl groups is 3. The summed E-state index contributed by atoms with van der Waals surface area (Å²) in [6.07, 6.45) is -2.77. The maximum absolute atomic E-state index is 11.0. The molecule has 4 atom stereocenters. The molecule has 0 aliphatic carbocycles. The molecule has 88 valence electrons. The number of aromatic nitrogens is 2. The highest BCUT2D eigenvalue weighted by Gasteiger charge is 2.43. The van der Waals surface area contributed by atoms with Crippen molar-refractivity contribution in [1.29, 1.82) is 0 Å². The molecule has 1 aliphatic heterocycles. The maximum atomic E-state index is 11.0. The van der Waals surface area contributed by atoms with Crippen LogP contribution in [0.4, 0.5) is 0 Å². The van der Waals surface area contributed by atoms with E-state index < -0.39 is 36.7 Å². The van der Waals surface area contributed by atoms with Crippen molar-refractivity contribution < 1.29 is 20.1 Å². The highest BCUT2D eigenvalue weighted by Crippen LogP contribution is 2.31. The van der Waals surface area contributed by atoms with E-state index in [1.165, 1.54) is 12.3 Å². The van der Waals surface area contributed by atoms with Crippen LogP contribution in [0.2, 0.25) is 0 Å². The van der Waals surface area contributed by atoms with Crippen molar-refractivity contribution in [3.8, 4) is 0 Å². The Kier molecular flexibility index (Phi) is 3.01. The standard InChI is InChI=1S/C9H12N2O5/c12-3-5-6(13)7(14)8(16-5)4-1-2-10-9(15)11-4/h1-2,5-8,12-14H,3H2,(H,10,11,15)/t5-,6-,7-,8+/m1/s1. The second kappa shape index (κ2) is 4.30. The Bertz CT molecular complexity index is 420. The number of nitrogens with zero attached hydrogens (tertiary/aromatic N) is 1. The van der Waals surface area contributed by atoms with Crippen molar-refractivity contribution in [2.45, 2.75) is 24.4 Å². The lowest BCUT2D eigenvalue weighted by molar-refractivity contribution is -0.0240. The first-order valence-electron chi connectivity index (χ1n) is 4.81. The van der Waals surface area contributed by atoms with Crippen LogP contribution in [0.15, 0.2) is 17.1 Å². The Morgan fingerprint density at radius 3 is 2.75 bits per heavy atom. The van der Waals surface area contributed by atoms with Crippen molar-refractivity contribution >= 4 is 0 Å². The van der Waals surface area contributed by atoms with Crippen molar-refractivity contribution in [1.82, 2.24) is 9.97 Å². The molecular weight excluding hydrogens is 216 g/mol. The molecule has 4 N–H and O–H groups in total. The zero-order chi connectivity index (χ0) is 11.7. The summed E-state index contributed by atoms with van der Waals surface area (Å²) in [5.41, 5.74) is -0.332. The van der Waals surface area contributed by atoms with E-state index in [4.69, 9.17) is 9.84 Å². The van der Waals surface area contributed by atoms with Gasteiger partial charge in [0, 0.05) is 6.20 Å². The molecule has 0 radical (unpaired) electrons. The van der Waals surface area contributed by atoms with Gasteiger partial charge in [-0.15, -0.1) is 0 Å². The van der Waals surface area contributed by atoms with Crippen LogP contribution < -0.4 is 5.69 Å². The molecule has 1 saturated heterocycles. The molecule has 2 rings (SSSR count). The van der Waals surface area contributed by atoms with Gasteiger partial charge in [-0.1, -0.05) is 0 Å². The van der Waals surface area contributed by atoms with Crippen LogP contribution in [-0.2, 0) is 4.74 Å². The van der Waals surface area contributed by atoms with E-state index in [-0.39, 0.29) is 5.69 Å². The van der Waals surface area contributed by atoms with Crippen LogP contribution >= 0.6 is 0 Å². The number of rotatable bonds is 2. The lowest BCUT2D eigenvalue weighted by Crippen LogP contribution is -2.32. The monoisotopic (exact) mass is 228 g/mol. The minimum absolute atomic E-state index is 0.228. The number of aliphatic hydroxyl groups excluding tert-OH is 3. The smallest absolute Gasteiger partial charge is 0.345 e. The molecule has 1 aliphatic rings. The first-order valence-corrected chi connectivity index (χ1v) is 4.81. The number of hydrogen-bond donors (Lipinski definition) is 4. The molecule has 2 heterocycles. The van der Waals surface area contributed by atoms with Gasteiger partial charge in [0.25, 0.3) is 0 Å². The third-order valence-electron chi connectivity index (χ3n) is 2.53. The number of hydrogen-bond acceptors (Lipinski definition) is 6. The van der Waals surface area contributed by atoms with E-state index >= 15 is 0 Å². The molecule has 0 saturated carbocycles. The highest BCUT2D eigenvalue weighted by atomic mass is 16.6. The summed E-state index contributed by atoms with van der Waals surface area (Å²) < 4.78 is 5.21. The fourth-order valence-electron chi connectivity index (χ4n) is 1.69. The molecular formula is C9H12N2O5. The zero-order valence-corrected chi connectivity index (χ0v) is 8.28. The average molecular weight is 228 g/mol. The SMILES string of the molecule is O=c1nc([C@@H]2O[C@H](CO)[C@@H](O)[C@H]2O)cc[nH]1. The van der Waals surface area contributed by atoms with Gasteiger partial charge in [-0.3, -0.25) is 0 Å². The number of H-pyrrole nitrogens is 1. The van der Waals surface area contributed by atoms with E-state index in [9.17, 15) is 15.0 Å². The van der Waals surface area contributed by atoms with Gasteiger partial charge in [0.15, 0.2) is 0 Å². The molecule has 1 fully saturated rings. The van der Waals surface area contributed by atoms with E-state index in [2.05, 4.69) is 9.97 Å². The van der Waals surface area contributed by atoms with E-state index in [0.717, 1.165) is 0 Å². The van der Waals surface area contributed by atoms with Gasteiger partial charge < -0.3 is 25.0 Å². The average Bonchev–Trinajstić information content (AvgIpc) is 2.56. The zero-order valence-electron chi connectivity index (χ0n) is 8.28. The van der Waals surface area contributed by atoms with Gasteiger partial charge >= 0.3 is 5.69 Å². The van der Waals surface area contributed by atoms with Crippen molar-refractivity contribution in [3.63, 3.8) is 0 Å². The Labute approximate surface area is 90.3 Å². The molecule has 1 aromatic rings. The first-order chi connectivity index (χ1) is 7.63. The van der Waals surface area contributed by atoms with Crippen LogP contribution in [0.5, 0.6) is 0 Å². The fraction of sp³-hybridized carbons (Fsp3) is 0.556. The minimum atomic E-state index is -1.20. The molecule has 7 heteroatoms. The van der Waals surface area contributed by atoms with Gasteiger partial charge in [0.05, 0.1) is 12.3 Å². The summed E-state index contributed by atoms with van der Waals surface area (Å²) >= 11 is 0. The summed E-state index contributed by atoms with van der Waals surface area (Å²) in [7, 11) is 0. The van der Waals surface area contributed by atoms with Gasteiger partial charge in [-0.25, -0.2) is 4.79 Å². The maximum Gasteiger partial charge on any atom is 0.345 e. The number of nitrogens with one attached hydrogen (secondary N) is 1. The summed E-state index contributed by atoms with van der Waals surface area (Å²) in [6, 6.07) is 1.47. The molecule has 0 amide bonds. The summed E-state index contributed by atoms with van der Waals surface area (Å²) in [4.78, 5) is 16.9. The van der Waals surface area contributed by atoms with Gasteiger partial charge in [0.2, 0.25) is 0 Å². The normalized spacial score (nSPS) is 34.2. The topological polar surface area (TPSA) is 116 Å². The third-order valence-corrected chi connectivity index (χ3v) is 2.53. The molecule has 16 heavy (non-hydrogen) atoms. The second-order valence-corrected chi connectivity index (χ2v) is 3.58. The van der Waals surface area contributed by atoms with Gasteiger partial charge in [0.1, 0.15) is 24.4 Å². The van der Waals surface area contributed by atoms with E-state index in [1.807, 2.05) is 0 Å². The predicted octanol–water partition coefficient (Wildman–Crippen LogP) is -2.08. The van der Waals surface area contributed by atoms with Crippen LogP contribution in [-0.4, -0.2) is 50.2 Å². The van der Waals surface area contributed by atoms with Crippen LogP contribution in [0.3, 0.4) is 0 Å². The summed E-state index contributed by atoms with van der Waals surface area (Å²) in [5.74, 6) is 0. The van der Waals surface area contributed by atoms with E-state index in [0.29, 0.717) is 0 Å². The Hall–Kier alpha value is -1.28. The fourth-order valence-corrected chi connectivity index (χ4v) is 1.69. The first kappa shape index (κ1) is 11.2. The van der Waals surface area contributed by atoms with E-state index in [1.54, 1.807) is 0 Å². The van der Waals surface area contributed by atoms with Crippen molar-refractivity contribution in [3.05, 3.63) is 28.4 Å². The Morgan fingerprint density at radius 2 is 2.19 bits per heavy atom. The second-order valence-electron chi connectivity index (χ2n) is 3.58. The van der Waals surface area contributed by atoms with Gasteiger partial charge in [-0.05, 0) is 6.07 Å². The van der Waals surface area contributed by atoms with Crippen molar-refractivity contribution in [2.75, 3.05) is 6.61 Å². The molecule has 0 spiro atoms. The minimum Gasteiger partial charge on any atom is -0.394 e. The summed E-state index contributed by atoms with van der Waals surface area (Å²) in [6.45, 7) is -0.405. The van der Waals surface area contributed by atoms with Crippen LogP contribution in [0.1, 0.15) is 11.8 Å². The Balaban J connectivity index is 2.26. The van der Waals surface area contributed by atoms with Crippen LogP contribution in [0, 0.1) is 0 Å². The Morgan fingerprint density at radius 1 is 1.44 bits per heavy atom. The lowest BCUT2D eigenvalue weighted by Gasteiger charge is -2.12. The molecule has 0 bridgehead atoms. The molecule has 1 aromatic heterocycles. The predicted molar refractivity (Wildman–Crippen MR) is 51.6 cm³/mol. The molecule has 0 aromatic carbocycles. The van der Waals surface area contributed by atoms with Gasteiger partial charge in [-0.2, -0.15) is 4.98 Å². The molecule has 0 unspecified atom stereocenters. The largest absolute Gasteiger partial charge is 0.394 e. The number of aromatic amines is 1. The summed E-state index contributed by atoms with van der Waals surface area (Å²) in [5, 5.41) is 28.1.